The molecule has 2 aromatic heterocycles. The molecule has 170 valence electrons. The van der Waals surface area contributed by atoms with Gasteiger partial charge in [-0.25, -0.2) is 4.79 Å². The zero-order valence-electron chi connectivity index (χ0n) is 19.3. The fourth-order valence-electron chi connectivity index (χ4n) is 4.87. The first-order valence-electron chi connectivity index (χ1n) is 10.9. The molecule has 0 radical (unpaired) electrons. The number of nitrogens with zero attached hydrogens (tertiary/aromatic N) is 3. The molecule has 2 aromatic carbocycles. The highest BCUT2D eigenvalue weighted by atomic mass is 35.5. The van der Waals surface area contributed by atoms with Gasteiger partial charge in [-0.3, -0.25) is 13.9 Å². The second kappa shape index (κ2) is 7.47. The predicted molar refractivity (Wildman–Crippen MR) is 131 cm³/mol. The molecule has 0 spiro atoms. The predicted octanol–water partition coefficient (Wildman–Crippen LogP) is 4.52. The van der Waals surface area contributed by atoms with Crippen molar-refractivity contribution < 1.29 is 4.74 Å². The largest absolute Gasteiger partial charge is 0.365 e. The first kappa shape index (κ1) is 21.7. The van der Waals surface area contributed by atoms with Crippen LogP contribution in [0.3, 0.4) is 0 Å². The minimum atomic E-state index is -0.449. The number of rotatable bonds is 2. The number of aryl methyl sites for hydroxylation is 2. The molecule has 0 saturated carbocycles. The third kappa shape index (κ3) is 3.20. The van der Waals surface area contributed by atoms with Crippen molar-refractivity contribution in [2.75, 3.05) is 6.61 Å². The summed E-state index contributed by atoms with van der Waals surface area (Å²) in [5.41, 5.74) is 4.07. The SMILES string of the molecule is Cc1ccc(-c2c3c(=O)n(C)c(=O)n(C)c3c3n2C(C)(C)CO[C@@H]3c2ccc(Cl)cc2)cc1. The van der Waals surface area contributed by atoms with Crippen LogP contribution in [-0.4, -0.2) is 20.3 Å². The molecule has 0 saturated heterocycles. The lowest BCUT2D eigenvalue weighted by Gasteiger charge is -2.39. The second-order valence-corrected chi connectivity index (χ2v) is 9.86. The number of benzene rings is 2. The van der Waals surface area contributed by atoms with E-state index in [9.17, 15) is 9.59 Å². The molecule has 6 nitrogen and oxygen atoms in total. The van der Waals surface area contributed by atoms with E-state index in [0.29, 0.717) is 22.5 Å². The molecule has 4 aromatic rings. The van der Waals surface area contributed by atoms with Crippen molar-refractivity contribution in [1.29, 1.82) is 0 Å². The fraction of sp³-hybridized carbons (Fsp3) is 0.308. The molecule has 1 atom stereocenters. The van der Waals surface area contributed by atoms with E-state index in [1.54, 1.807) is 11.6 Å². The van der Waals surface area contributed by atoms with E-state index >= 15 is 0 Å². The third-order valence-electron chi connectivity index (χ3n) is 6.56. The summed E-state index contributed by atoms with van der Waals surface area (Å²) in [5.74, 6) is 0. The smallest absolute Gasteiger partial charge is 0.331 e. The summed E-state index contributed by atoms with van der Waals surface area (Å²) >= 11 is 6.14. The minimum Gasteiger partial charge on any atom is -0.365 e. The van der Waals surface area contributed by atoms with Gasteiger partial charge in [-0.15, -0.1) is 0 Å². The maximum Gasteiger partial charge on any atom is 0.331 e. The first-order chi connectivity index (χ1) is 15.6. The lowest BCUT2D eigenvalue weighted by Crippen LogP contribution is -2.40. The second-order valence-electron chi connectivity index (χ2n) is 9.42. The van der Waals surface area contributed by atoms with Crippen LogP contribution in [0.1, 0.15) is 36.8 Å². The molecule has 1 aliphatic heterocycles. The molecule has 33 heavy (non-hydrogen) atoms. The normalized spacial score (nSPS) is 17.3. The van der Waals surface area contributed by atoms with Crippen LogP contribution in [-0.2, 0) is 24.4 Å². The van der Waals surface area contributed by atoms with Crippen LogP contribution in [0.2, 0.25) is 5.02 Å². The molecule has 3 heterocycles. The van der Waals surface area contributed by atoms with Gasteiger partial charge in [0.2, 0.25) is 0 Å². The summed E-state index contributed by atoms with van der Waals surface area (Å²) in [6.07, 6.45) is -0.449. The molecule has 0 unspecified atom stereocenters. The van der Waals surface area contributed by atoms with E-state index < -0.39 is 11.6 Å². The summed E-state index contributed by atoms with van der Waals surface area (Å²) < 4.78 is 11.3. The summed E-state index contributed by atoms with van der Waals surface area (Å²) in [5, 5.41) is 1.16. The van der Waals surface area contributed by atoms with Crippen LogP contribution in [0.4, 0.5) is 0 Å². The van der Waals surface area contributed by atoms with E-state index in [4.69, 9.17) is 16.3 Å². The molecule has 7 heteroatoms. The van der Waals surface area contributed by atoms with Crippen molar-refractivity contribution in [2.45, 2.75) is 32.4 Å². The third-order valence-corrected chi connectivity index (χ3v) is 6.82. The Hall–Kier alpha value is -3.09. The Morgan fingerprint density at radius 3 is 2.24 bits per heavy atom. The molecule has 0 N–H and O–H groups in total. The van der Waals surface area contributed by atoms with Crippen molar-refractivity contribution in [3.8, 4) is 11.3 Å². The fourth-order valence-corrected chi connectivity index (χ4v) is 5.00. The van der Waals surface area contributed by atoms with Gasteiger partial charge >= 0.3 is 5.69 Å². The van der Waals surface area contributed by atoms with Gasteiger partial charge in [-0.2, -0.15) is 0 Å². The van der Waals surface area contributed by atoms with Gasteiger partial charge in [0.25, 0.3) is 5.56 Å². The molecular weight excluding hydrogens is 438 g/mol. The Labute approximate surface area is 196 Å². The number of ether oxygens (including phenoxy) is 1. The highest BCUT2D eigenvalue weighted by Crippen LogP contribution is 2.45. The first-order valence-corrected chi connectivity index (χ1v) is 11.3. The van der Waals surface area contributed by atoms with E-state index in [1.807, 2.05) is 55.5 Å². The Bertz CT molecular complexity index is 1510. The molecular formula is C26H26ClN3O3. The van der Waals surface area contributed by atoms with Gasteiger partial charge in [-0.05, 0) is 44.0 Å². The molecule has 1 aliphatic rings. The van der Waals surface area contributed by atoms with Gasteiger partial charge in [-0.1, -0.05) is 53.6 Å². The topological polar surface area (TPSA) is 58.2 Å². The standard InChI is InChI=1S/C26H26ClN3O3/c1-15-6-8-16(9-7-15)20-19-21(28(4)25(32)29(5)24(19)31)22-23(17-10-12-18(27)13-11-17)33-14-26(2,3)30(20)22/h6-13,23H,14H2,1-5H3/t23-/m1/s1. The van der Waals surface area contributed by atoms with Gasteiger partial charge in [0.1, 0.15) is 6.10 Å². The van der Waals surface area contributed by atoms with Crippen molar-refractivity contribution in [3.63, 3.8) is 0 Å². The van der Waals surface area contributed by atoms with Crippen LogP contribution in [0.25, 0.3) is 22.2 Å². The quantitative estimate of drug-likeness (QED) is 0.439. The van der Waals surface area contributed by atoms with Crippen molar-refractivity contribution in [1.82, 2.24) is 13.7 Å². The van der Waals surface area contributed by atoms with Crippen molar-refractivity contribution >= 4 is 22.5 Å². The Balaban J connectivity index is 2.00. The maximum absolute atomic E-state index is 13.6. The van der Waals surface area contributed by atoms with Crippen LogP contribution in [0.5, 0.6) is 0 Å². The van der Waals surface area contributed by atoms with Crippen LogP contribution >= 0.6 is 11.6 Å². The van der Waals surface area contributed by atoms with E-state index in [0.717, 1.165) is 28.1 Å². The van der Waals surface area contributed by atoms with Gasteiger partial charge in [0, 0.05) is 19.1 Å². The van der Waals surface area contributed by atoms with E-state index in [-0.39, 0.29) is 11.2 Å². The monoisotopic (exact) mass is 463 g/mol. The van der Waals surface area contributed by atoms with E-state index in [2.05, 4.69) is 18.4 Å². The van der Waals surface area contributed by atoms with Gasteiger partial charge in [0.15, 0.2) is 0 Å². The summed E-state index contributed by atoms with van der Waals surface area (Å²) in [6, 6.07) is 15.7. The van der Waals surface area contributed by atoms with Crippen LogP contribution < -0.4 is 11.2 Å². The molecule has 0 aliphatic carbocycles. The minimum absolute atomic E-state index is 0.309. The number of hydrogen-bond donors (Lipinski definition) is 0. The maximum atomic E-state index is 13.6. The molecule has 0 bridgehead atoms. The van der Waals surface area contributed by atoms with Crippen molar-refractivity contribution in [3.05, 3.63) is 91.2 Å². The molecule has 5 rings (SSSR count). The summed E-state index contributed by atoms with van der Waals surface area (Å²) in [6.45, 7) is 6.66. The number of halogens is 1. The Morgan fingerprint density at radius 2 is 1.61 bits per heavy atom. The number of fused-ring (bicyclic) bond motifs is 3. The highest BCUT2D eigenvalue weighted by molar-refractivity contribution is 6.30. The number of aromatic nitrogens is 3. The highest BCUT2D eigenvalue weighted by Gasteiger charge is 2.40. The summed E-state index contributed by atoms with van der Waals surface area (Å²) in [7, 11) is 3.24. The summed E-state index contributed by atoms with van der Waals surface area (Å²) in [4.78, 5) is 26.5. The zero-order chi connectivity index (χ0) is 23.7. The molecule has 0 fully saturated rings. The molecule has 0 amide bonds. The average molecular weight is 464 g/mol. The number of hydrogen-bond acceptors (Lipinski definition) is 3. The Morgan fingerprint density at radius 1 is 0.970 bits per heavy atom. The lowest BCUT2D eigenvalue weighted by atomic mass is 9.98. The van der Waals surface area contributed by atoms with Gasteiger partial charge < -0.3 is 9.30 Å². The zero-order valence-corrected chi connectivity index (χ0v) is 20.1. The van der Waals surface area contributed by atoms with Crippen molar-refractivity contribution in [2.24, 2.45) is 14.1 Å². The van der Waals surface area contributed by atoms with Crippen LogP contribution in [0.15, 0.2) is 58.1 Å². The Kier molecular flexibility index (Phi) is 4.92. The lowest BCUT2D eigenvalue weighted by molar-refractivity contribution is -0.00707. The van der Waals surface area contributed by atoms with E-state index in [1.165, 1.54) is 11.6 Å². The average Bonchev–Trinajstić information content (AvgIpc) is 3.15. The van der Waals surface area contributed by atoms with Crippen LogP contribution in [0, 0.1) is 6.92 Å². The van der Waals surface area contributed by atoms with Gasteiger partial charge in [0.05, 0.1) is 34.4 Å².